The lowest BCUT2D eigenvalue weighted by Crippen LogP contribution is -2.41. The van der Waals surface area contributed by atoms with Crippen molar-refractivity contribution in [3.8, 4) is 0 Å². The van der Waals surface area contributed by atoms with Crippen molar-refractivity contribution in [2.45, 2.75) is 41.7 Å². The fourth-order valence-electron chi connectivity index (χ4n) is 3.06. The normalized spacial score (nSPS) is 15.6. The Morgan fingerprint density at radius 1 is 1.07 bits per heavy atom. The molecule has 0 aliphatic heterocycles. The Bertz CT molecular complexity index is 958. The van der Waals surface area contributed by atoms with Gasteiger partial charge in [0, 0.05) is 22.7 Å². The highest BCUT2D eigenvalue weighted by Gasteiger charge is 2.43. The third kappa shape index (κ3) is 7.04. The second kappa shape index (κ2) is 10.3. The van der Waals surface area contributed by atoms with Gasteiger partial charge < -0.3 is 10.6 Å². The second-order valence-corrected chi connectivity index (χ2v) is 10.9. The fourth-order valence-corrected chi connectivity index (χ4v) is 5.07. The third-order valence-corrected chi connectivity index (χ3v) is 7.72. The van der Waals surface area contributed by atoms with Gasteiger partial charge in [0.1, 0.15) is 0 Å². The molecule has 0 bridgehead atoms. The summed E-state index contributed by atoms with van der Waals surface area (Å²) >= 11 is 1.93. The fraction of sp³-hybridized carbons (Fsp3) is 0.409. The third-order valence-electron chi connectivity index (χ3n) is 4.89. The minimum absolute atomic E-state index is 0.0292. The maximum Gasteiger partial charge on any atom is 0.215 e. The van der Waals surface area contributed by atoms with Gasteiger partial charge in [0.15, 0.2) is 5.96 Å². The Labute approximate surface area is 184 Å². The summed E-state index contributed by atoms with van der Waals surface area (Å²) < 4.78 is 26.2. The molecule has 0 saturated heterocycles. The SMILES string of the molecule is CCNC(=NCc1cccc(CS(=O)(=O)NC)c1)NCC1(Sc2ccccc2)CC1. The van der Waals surface area contributed by atoms with Gasteiger partial charge in [-0.1, -0.05) is 42.5 Å². The van der Waals surface area contributed by atoms with Crippen molar-refractivity contribution in [2.75, 3.05) is 20.1 Å². The standard InChI is InChI=1S/C22H30N4O2S2/c1-3-24-21(26-17-22(12-13-22)29-20-10-5-4-6-11-20)25-15-18-8-7-9-19(14-18)16-30(27,28)23-2/h4-11,14,23H,3,12-13,15-17H2,1-2H3,(H2,24,25,26). The van der Waals surface area contributed by atoms with E-state index in [1.165, 1.54) is 24.8 Å². The Hall–Kier alpha value is -2.03. The molecule has 0 heterocycles. The van der Waals surface area contributed by atoms with E-state index in [2.05, 4.69) is 39.6 Å². The molecule has 1 fully saturated rings. The molecular weight excluding hydrogens is 416 g/mol. The number of thioether (sulfide) groups is 1. The van der Waals surface area contributed by atoms with Crippen LogP contribution in [-0.2, 0) is 22.3 Å². The molecule has 0 amide bonds. The average molecular weight is 447 g/mol. The first-order chi connectivity index (χ1) is 14.4. The van der Waals surface area contributed by atoms with E-state index in [4.69, 9.17) is 4.99 Å². The highest BCUT2D eigenvalue weighted by atomic mass is 32.2. The number of sulfonamides is 1. The van der Waals surface area contributed by atoms with Gasteiger partial charge in [-0.25, -0.2) is 18.1 Å². The lowest BCUT2D eigenvalue weighted by molar-refractivity contribution is 0.587. The number of hydrogen-bond acceptors (Lipinski definition) is 4. The van der Waals surface area contributed by atoms with Crippen molar-refractivity contribution in [3.63, 3.8) is 0 Å². The van der Waals surface area contributed by atoms with Gasteiger partial charge in [-0.15, -0.1) is 11.8 Å². The highest BCUT2D eigenvalue weighted by Crippen LogP contribution is 2.51. The summed E-state index contributed by atoms with van der Waals surface area (Å²) in [6, 6.07) is 18.1. The quantitative estimate of drug-likeness (QED) is 0.386. The van der Waals surface area contributed by atoms with Crippen LogP contribution in [0.4, 0.5) is 0 Å². The van der Waals surface area contributed by atoms with Crippen LogP contribution in [0, 0.1) is 0 Å². The molecule has 2 aromatic carbocycles. The van der Waals surface area contributed by atoms with Crippen molar-refractivity contribution in [1.82, 2.24) is 15.4 Å². The topological polar surface area (TPSA) is 82.6 Å². The van der Waals surface area contributed by atoms with E-state index in [0.29, 0.717) is 6.54 Å². The van der Waals surface area contributed by atoms with Crippen molar-refractivity contribution in [3.05, 3.63) is 65.7 Å². The number of benzene rings is 2. The summed E-state index contributed by atoms with van der Waals surface area (Å²) in [5.74, 6) is 0.754. The largest absolute Gasteiger partial charge is 0.357 e. The molecule has 6 nitrogen and oxygen atoms in total. The lowest BCUT2D eigenvalue weighted by atomic mass is 10.1. The molecule has 0 radical (unpaired) electrons. The summed E-state index contributed by atoms with van der Waals surface area (Å²) in [6.45, 7) is 4.18. The molecule has 0 aromatic heterocycles. The van der Waals surface area contributed by atoms with Crippen LogP contribution >= 0.6 is 11.8 Å². The van der Waals surface area contributed by atoms with Crippen LogP contribution in [0.5, 0.6) is 0 Å². The number of hydrogen-bond donors (Lipinski definition) is 3. The Balaban J connectivity index is 1.60. The zero-order valence-corrected chi connectivity index (χ0v) is 19.2. The Kier molecular flexibility index (Phi) is 7.80. The maximum atomic E-state index is 11.8. The number of nitrogens with zero attached hydrogens (tertiary/aromatic N) is 1. The molecule has 8 heteroatoms. The smallest absolute Gasteiger partial charge is 0.215 e. The lowest BCUT2D eigenvalue weighted by Gasteiger charge is -2.18. The van der Waals surface area contributed by atoms with Crippen molar-refractivity contribution < 1.29 is 8.42 Å². The summed E-state index contributed by atoms with van der Waals surface area (Å²) in [4.78, 5) is 6.00. The molecule has 1 saturated carbocycles. The maximum absolute atomic E-state index is 11.8. The summed E-state index contributed by atoms with van der Waals surface area (Å²) in [5.41, 5.74) is 1.74. The first-order valence-corrected chi connectivity index (χ1v) is 12.7. The molecule has 3 N–H and O–H groups in total. The molecule has 1 aliphatic rings. The van der Waals surface area contributed by atoms with Gasteiger partial charge in [-0.2, -0.15) is 0 Å². The zero-order valence-electron chi connectivity index (χ0n) is 17.5. The van der Waals surface area contributed by atoms with Crippen molar-refractivity contribution in [2.24, 2.45) is 4.99 Å². The highest BCUT2D eigenvalue weighted by molar-refractivity contribution is 8.01. The van der Waals surface area contributed by atoms with Crippen LogP contribution in [0.2, 0.25) is 0 Å². The predicted octanol–water partition coefficient (Wildman–Crippen LogP) is 3.12. The average Bonchev–Trinajstić information content (AvgIpc) is 3.50. The number of nitrogens with one attached hydrogen (secondary N) is 3. The van der Waals surface area contributed by atoms with E-state index in [0.717, 1.165) is 30.2 Å². The first-order valence-electron chi connectivity index (χ1n) is 10.2. The minimum Gasteiger partial charge on any atom is -0.357 e. The van der Waals surface area contributed by atoms with E-state index in [1.807, 2.05) is 49.0 Å². The van der Waals surface area contributed by atoms with Gasteiger partial charge in [-0.05, 0) is 50.1 Å². The van der Waals surface area contributed by atoms with Crippen molar-refractivity contribution in [1.29, 1.82) is 0 Å². The zero-order chi connectivity index (χ0) is 21.5. The van der Waals surface area contributed by atoms with Gasteiger partial charge >= 0.3 is 0 Å². The van der Waals surface area contributed by atoms with E-state index < -0.39 is 10.0 Å². The Morgan fingerprint density at radius 2 is 1.80 bits per heavy atom. The van der Waals surface area contributed by atoms with Crippen LogP contribution < -0.4 is 15.4 Å². The van der Waals surface area contributed by atoms with Crippen LogP contribution in [0.3, 0.4) is 0 Å². The second-order valence-electron chi connectivity index (χ2n) is 7.43. The van der Waals surface area contributed by atoms with Crippen LogP contribution in [0.15, 0.2) is 64.5 Å². The molecule has 0 unspecified atom stereocenters. The molecule has 1 aliphatic carbocycles. The summed E-state index contributed by atoms with van der Waals surface area (Å²) in [6.07, 6.45) is 2.39. The van der Waals surface area contributed by atoms with Gasteiger partial charge in [0.05, 0.1) is 12.3 Å². The van der Waals surface area contributed by atoms with Crippen molar-refractivity contribution >= 4 is 27.7 Å². The number of guanidine groups is 1. The van der Waals surface area contributed by atoms with E-state index in [-0.39, 0.29) is 10.5 Å². The predicted molar refractivity (Wildman–Crippen MR) is 125 cm³/mol. The van der Waals surface area contributed by atoms with E-state index in [1.54, 1.807) is 0 Å². The van der Waals surface area contributed by atoms with Gasteiger partial charge in [0.2, 0.25) is 10.0 Å². The van der Waals surface area contributed by atoms with Gasteiger partial charge in [0.25, 0.3) is 0 Å². The molecular formula is C22H30N4O2S2. The first kappa shape index (κ1) is 22.7. The molecule has 2 aromatic rings. The molecule has 162 valence electrons. The van der Waals surface area contributed by atoms with E-state index >= 15 is 0 Å². The van der Waals surface area contributed by atoms with Crippen LogP contribution in [-0.4, -0.2) is 39.3 Å². The molecule has 30 heavy (non-hydrogen) atoms. The van der Waals surface area contributed by atoms with E-state index in [9.17, 15) is 8.42 Å². The van der Waals surface area contributed by atoms with Crippen LogP contribution in [0.1, 0.15) is 30.9 Å². The van der Waals surface area contributed by atoms with Crippen LogP contribution in [0.25, 0.3) is 0 Å². The molecule has 3 rings (SSSR count). The number of rotatable bonds is 10. The summed E-state index contributed by atoms with van der Waals surface area (Å²) in [7, 11) is -1.85. The summed E-state index contributed by atoms with van der Waals surface area (Å²) in [5, 5.41) is 6.79. The number of aliphatic imine (C=N–C) groups is 1. The molecule has 0 atom stereocenters. The van der Waals surface area contributed by atoms with Gasteiger partial charge in [-0.3, -0.25) is 0 Å². The minimum atomic E-state index is -3.29. The monoisotopic (exact) mass is 446 g/mol. The Morgan fingerprint density at radius 3 is 2.47 bits per heavy atom. The molecule has 0 spiro atoms.